The lowest BCUT2D eigenvalue weighted by Gasteiger charge is -2.17. The average Bonchev–Trinajstić information content (AvgIpc) is 2.77. The summed E-state index contributed by atoms with van der Waals surface area (Å²) in [4.78, 5) is 24.5. The highest BCUT2D eigenvalue weighted by atomic mass is 16.5. The Labute approximate surface area is 176 Å². The number of carbonyl (C=O) groups excluding carboxylic acids is 2. The highest BCUT2D eigenvalue weighted by Crippen LogP contribution is 2.35. The molecule has 2 unspecified atom stereocenters. The standard InChI is InChI=1S/C23H27NO6/c1-15(17-9-7-6-8-10-17)24-23(26)16(2)30-22(25)12-11-18-13-20(28-4)21(29-5)14-19(18)27-3/h6-16H,1-5H3,(H,24,26)/b12-11+. The summed E-state index contributed by atoms with van der Waals surface area (Å²) in [7, 11) is 4.55. The molecule has 0 aliphatic rings. The summed E-state index contributed by atoms with van der Waals surface area (Å²) in [6.45, 7) is 3.39. The van der Waals surface area contributed by atoms with Crippen LogP contribution in [0, 0.1) is 0 Å². The van der Waals surface area contributed by atoms with Crippen molar-refractivity contribution in [2.45, 2.75) is 26.0 Å². The number of benzene rings is 2. The predicted octanol–water partition coefficient (Wildman–Crippen LogP) is 3.53. The van der Waals surface area contributed by atoms with Crippen LogP contribution in [0.1, 0.15) is 31.0 Å². The van der Waals surface area contributed by atoms with Gasteiger partial charge in [0.2, 0.25) is 0 Å². The second kappa shape index (κ2) is 10.9. The lowest BCUT2D eigenvalue weighted by Crippen LogP contribution is -2.37. The van der Waals surface area contributed by atoms with Gasteiger partial charge in [-0.1, -0.05) is 30.3 Å². The van der Waals surface area contributed by atoms with Crippen LogP contribution in [0.25, 0.3) is 6.08 Å². The lowest BCUT2D eigenvalue weighted by atomic mass is 10.1. The fourth-order valence-corrected chi connectivity index (χ4v) is 2.76. The quantitative estimate of drug-likeness (QED) is 0.500. The van der Waals surface area contributed by atoms with Crippen molar-refractivity contribution in [2.24, 2.45) is 0 Å². The van der Waals surface area contributed by atoms with Crippen LogP contribution in [0.15, 0.2) is 48.5 Å². The summed E-state index contributed by atoms with van der Waals surface area (Å²) in [5.74, 6) is 0.471. The van der Waals surface area contributed by atoms with E-state index in [0.717, 1.165) is 5.56 Å². The van der Waals surface area contributed by atoms with Gasteiger partial charge in [0.05, 0.1) is 27.4 Å². The first kappa shape index (κ1) is 22.8. The van der Waals surface area contributed by atoms with Crippen LogP contribution in [-0.4, -0.2) is 39.3 Å². The van der Waals surface area contributed by atoms with Crippen molar-refractivity contribution in [1.29, 1.82) is 0 Å². The molecule has 160 valence electrons. The Bertz CT molecular complexity index is 894. The number of hydrogen-bond acceptors (Lipinski definition) is 6. The second-order valence-electron chi connectivity index (χ2n) is 6.50. The van der Waals surface area contributed by atoms with Crippen molar-refractivity contribution in [3.63, 3.8) is 0 Å². The van der Waals surface area contributed by atoms with Crippen molar-refractivity contribution in [2.75, 3.05) is 21.3 Å². The monoisotopic (exact) mass is 413 g/mol. The molecule has 0 radical (unpaired) electrons. The number of amides is 1. The van der Waals surface area contributed by atoms with Gasteiger partial charge in [0.15, 0.2) is 17.6 Å². The molecule has 0 aromatic heterocycles. The Balaban J connectivity index is 2.00. The summed E-state index contributed by atoms with van der Waals surface area (Å²) in [5, 5.41) is 2.83. The zero-order chi connectivity index (χ0) is 22.1. The lowest BCUT2D eigenvalue weighted by molar-refractivity contribution is -0.150. The second-order valence-corrected chi connectivity index (χ2v) is 6.50. The van der Waals surface area contributed by atoms with E-state index in [4.69, 9.17) is 18.9 Å². The molecule has 0 aliphatic carbocycles. The van der Waals surface area contributed by atoms with Crippen LogP contribution in [-0.2, 0) is 14.3 Å². The van der Waals surface area contributed by atoms with E-state index < -0.39 is 12.1 Å². The Kier molecular flexibility index (Phi) is 8.29. The van der Waals surface area contributed by atoms with Gasteiger partial charge >= 0.3 is 5.97 Å². The molecule has 0 aliphatic heterocycles. The molecule has 1 amide bonds. The van der Waals surface area contributed by atoms with E-state index in [0.29, 0.717) is 22.8 Å². The molecule has 30 heavy (non-hydrogen) atoms. The fraction of sp³-hybridized carbons (Fsp3) is 0.304. The number of hydrogen-bond donors (Lipinski definition) is 1. The van der Waals surface area contributed by atoms with Crippen LogP contribution in [0.2, 0.25) is 0 Å². The van der Waals surface area contributed by atoms with Crippen LogP contribution >= 0.6 is 0 Å². The number of ether oxygens (including phenoxy) is 4. The van der Waals surface area contributed by atoms with Crippen molar-refractivity contribution in [1.82, 2.24) is 5.32 Å². The van der Waals surface area contributed by atoms with Crippen LogP contribution in [0.3, 0.4) is 0 Å². The van der Waals surface area contributed by atoms with E-state index in [1.165, 1.54) is 40.4 Å². The minimum absolute atomic E-state index is 0.202. The van der Waals surface area contributed by atoms with Gasteiger partial charge < -0.3 is 24.3 Å². The number of carbonyl (C=O) groups is 2. The molecule has 0 fully saturated rings. The van der Waals surface area contributed by atoms with E-state index in [1.807, 2.05) is 37.3 Å². The summed E-state index contributed by atoms with van der Waals surface area (Å²) >= 11 is 0. The fourth-order valence-electron chi connectivity index (χ4n) is 2.76. The maximum absolute atomic E-state index is 12.3. The van der Waals surface area contributed by atoms with E-state index >= 15 is 0 Å². The molecule has 0 heterocycles. The first-order valence-corrected chi connectivity index (χ1v) is 9.43. The van der Waals surface area contributed by atoms with Crippen molar-refractivity contribution in [3.8, 4) is 17.2 Å². The maximum Gasteiger partial charge on any atom is 0.331 e. The van der Waals surface area contributed by atoms with E-state index in [2.05, 4.69) is 5.32 Å². The van der Waals surface area contributed by atoms with E-state index in [-0.39, 0.29) is 11.9 Å². The Morgan fingerprint density at radius 1 is 0.900 bits per heavy atom. The van der Waals surface area contributed by atoms with Crippen molar-refractivity contribution in [3.05, 3.63) is 59.7 Å². The number of nitrogens with one attached hydrogen (secondary N) is 1. The Hall–Kier alpha value is -3.48. The Morgan fingerprint density at radius 3 is 2.10 bits per heavy atom. The van der Waals surface area contributed by atoms with Gasteiger partial charge in [-0.25, -0.2) is 4.79 Å². The van der Waals surface area contributed by atoms with Gasteiger partial charge in [-0.15, -0.1) is 0 Å². The third-order valence-corrected chi connectivity index (χ3v) is 4.46. The third-order valence-electron chi connectivity index (χ3n) is 4.46. The molecular formula is C23H27NO6. The summed E-state index contributed by atoms with van der Waals surface area (Å²) < 4.78 is 21.0. The Morgan fingerprint density at radius 2 is 1.50 bits per heavy atom. The van der Waals surface area contributed by atoms with Gasteiger partial charge in [-0.05, 0) is 31.6 Å². The minimum atomic E-state index is -0.944. The molecular weight excluding hydrogens is 386 g/mol. The first-order valence-electron chi connectivity index (χ1n) is 9.43. The molecule has 2 rings (SSSR count). The van der Waals surface area contributed by atoms with E-state index in [9.17, 15) is 9.59 Å². The van der Waals surface area contributed by atoms with E-state index in [1.54, 1.807) is 12.1 Å². The number of methoxy groups -OCH3 is 3. The van der Waals surface area contributed by atoms with Gasteiger partial charge in [0.25, 0.3) is 5.91 Å². The van der Waals surface area contributed by atoms with Gasteiger partial charge in [-0.2, -0.15) is 0 Å². The molecule has 7 nitrogen and oxygen atoms in total. The average molecular weight is 413 g/mol. The van der Waals surface area contributed by atoms with Crippen molar-refractivity contribution >= 4 is 18.0 Å². The van der Waals surface area contributed by atoms with Crippen LogP contribution in [0.5, 0.6) is 17.2 Å². The molecule has 0 saturated heterocycles. The van der Waals surface area contributed by atoms with Gasteiger partial charge in [0.1, 0.15) is 5.75 Å². The SMILES string of the molecule is COc1cc(OC)c(OC)cc1/C=C/C(=O)OC(C)C(=O)NC(C)c1ccccc1. The minimum Gasteiger partial charge on any atom is -0.496 e. The first-order chi connectivity index (χ1) is 14.4. The molecule has 0 bridgehead atoms. The number of esters is 1. The van der Waals surface area contributed by atoms with Crippen LogP contribution in [0.4, 0.5) is 0 Å². The summed E-state index contributed by atoms with van der Waals surface area (Å²) in [6.07, 6.45) is 1.81. The molecule has 2 aromatic rings. The predicted molar refractivity (Wildman–Crippen MR) is 114 cm³/mol. The topological polar surface area (TPSA) is 83.1 Å². The molecule has 2 aromatic carbocycles. The zero-order valence-corrected chi connectivity index (χ0v) is 17.8. The number of rotatable bonds is 9. The third kappa shape index (κ3) is 6.01. The summed E-state index contributed by atoms with van der Waals surface area (Å²) in [6, 6.07) is 12.7. The van der Waals surface area contributed by atoms with Gasteiger partial charge in [-0.3, -0.25) is 4.79 Å². The highest BCUT2D eigenvalue weighted by molar-refractivity contribution is 5.91. The highest BCUT2D eigenvalue weighted by Gasteiger charge is 2.19. The zero-order valence-electron chi connectivity index (χ0n) is 17.8. The maximum atomic E-state index is 12.3. The van der Waals surface area contributed by atoms with Crippen LogP contribution < -0.4 is 19.5 Å². The largest absolute Gasteiger partial charge is 0.496 e. The smallest absolute Gasteiger partial charge is 0.331 e. The molecule has 7 heteroatoms. The molecule has 0 spiro atoms. The molecule has 2 atom stereocenters. The molecule has 1 N–H and O–H groups in total. The normalized spacial score (nSPS) is 12.7. The van der Waals surface area contributed by atoms with Gasteiger partial charge in [0, 0.05) is 17.7 Å². The summed E-state index contributed by atoms with van der Waals surface area (Å²) in [5.41, 5.74) is 1.56. The molecule has 0 saturated carbocycles. The van der Waals surface area contributed by atoms with Crippen molar-refractivity contribution < 1.29 is 28.5 Å².